The van der Waals surface area contributed by atoms with E-state index in [1.54, 1.807) is 35.4 Å². The number of quaternary nitrogens is 1. The van der Waals surface area contributed by atoms with Gasteiger partial charge in [0.05, 0.1) is 31.1 Å². The first-order valence-electron chi connectivity index (χ1n) is 10.5. The summed E-state index contributed by atoms with van der Waals surface area (Å²) >= 11 is 0. The van der Waals surface area contributed by atoms with E-state index in [9.17, 15) is 13.2 Å². The van der Waals surface area contributed by atoms with Crippen LogP contribution in [0.5, 0.6) is 0 Å². The first-order chi connectivity index (χ1) is 14.3. The van der Waals surface area contributed by atoms with Crippen LogP contribution in [0.2, 0.25) is 0 Å². The lowest BCUT2D eigenvalue weighted by atomic mass is 10.0. The van der Waals surface area contributed by atoms with Crippen LogP contribution in [0.1, 0.15) is 30.5 Å². The summed E-state index contributed by atoms with van der Waals surface area (Å²) < 4.78 is 27.7. The summed E-state index contributed by atoms with van der Waals surface area (Å²) in [5.74, 6) is 0.0408. The summed E-state index contributed by atoms with van der Waals surface area (Å²) in [5.41, 5.74) is 2.12. The number of hydrogen-bond donors (Lipinski definition) is 1. The number of nitrogens with zero attached hydrogens (tertiary/aromatic N) is 2. The number of nitrogens with one attached hydrogen (secondary N) is 1. The Kier molecular flexibility index (Phi) is 7.28. The summed E-state index contributed by atoms with van der Waals surface area (Å²) in [4.78, 5) is 16.0. The third-order valence-corrected chi connectivity index (χ3v) is 7.61. The maximum absolute atomic E-state index is 13.1. The lowest BCUT2D eigenvalue weighted by molar-refractivity contribution is -0.925. The van der Waals surface area contributed by atoms with Crippen LogP contribution in [0.4, 0.5) is 0 Å². The Hall–Kier alpha value is -2.22. The van der Waals surface area contributed by atoms with Crippen molar-refractivity contribution in [2.75, 3.05) is 40.3 Å². The zero-order valence-corrected chi connectivity index (χ0v) is 18.9. The van der Waals surface area contributed by atoms with Gasteiger partial charge in [-0.05, 0) is 24.1 Å². The molecule has 2 aromatic carbocycles. The molecule has 3 rings (SSSR count). The molecule has 0 spiro atoms. The minimum atomic E-state index is -3.52. The predicted molar refractivity (Wildman–Crippen MR) is 118 cm³/mol. The van der Waals surface area contributed by atoms with Crippen molar-refractivity contribution >= 4 is 15.9 Å². The third kappa shape index (κ3) is 4.91. The number of carbonyl (C=O) groups excluding carboxylic acids is 1. The van der Waals surface area contributed by atoms with E-state index < -0.39 is 10.0 Å². The van der Waals surface area contributed by atoms with Gasteiger partial charge in [0.15, 0.2) is 6.04 Å². The number of amides is 1. The van der Waals surface area contributed by atoms with E-state index in [-0.39, 0.29) is 11.9 Å². The number of rotatable bonds is 7. The number of hydrogen-bond acceptors (Lipinski definition) is 3. The molecule has 1 atom stereocenters. The number of carbonyl (C=O) groups is 1. The highest BCUT2D eigenvalue weighted by Gasteiger charge is 2.38. The summed E-state index contributed by atoms with van der Waals surface area (Å²) in [5, 5.41) is 0. The van der Waals surface area contributed by atoms with Crippen molar-refractivity contribution in [3.8, 4) is 0 Å². The Morgan fingerprint density at radius 2 is 1.63 bits per heavy atom. The fourth-order valence-corrected chi connectivity index (χ4v) is 5.47. The zero-order valence-electron chi connectivity index (χ0n) is 18.0. The van der Waals surface area contributed by atoms with Crippen LogP contribution in [0.15, 0.2) is 59.5 Å². The van der Waals surface area contributed by atoms with Crippen LogP contribution in [0, 0.1) is 0 Å². The van der Waals surface area contributed by atoms with E-state index in [4.69, 9.17) is 0 Å². The molecule has 0 aliphatic carbocycles. The van der Waals surface area contributed by atoms with Gasteiger partial charge >= 0.3 is 0 Å². The van der Waals surface area contributed by atoms with E-state index >= 15 is 0 Å². The second-order valence-corrected chi connectivity index (χ2v) is 9.97. The molecule has 1 fully saturated rings. The van der Waals surface area contributed by atoms with Crippen molar-refractivity contribution in [3.63, 3.8) is 0 Å². The fourth-order valence-electron chi connectivity index (χ4n) is 4.02. The maximum Gasteiger partial charge on any atom is 0.285 e. The van der Waals surface area contributed by atoms with Gasteiger partial charge in [0, 0.05) is 19.7 Å². The van der Waals surface area contributed by atoms with Gasteiger partial charge < -0.3 is 9.80 Å². The van der Waals surface area contributed by atoms with Gasteiger partial charge in [-0.3, -0.25) is 4.79 Å². The quantitative estimate of drug-likeness (QED) is 0.722. The minimum Gasteiger partial charge on any atom is -0.343 e. The van der Waals surface area contributed by atoms with Crippen molar-refractivity contribution in [1.82, 2.24) is 9.21 Å². The molecule has 1 aliphatic rings. The van der Waals surface area contributed by atoms with E-state index in [1.165, 1.54) is 0 Å². The van der Waals surface area contributed by atoms with Gasteiger partial charge in [-0.15, -0.1) is 0 Å². The maximum atomic E-state index is 13.1. The molecule has 1 amide bonds. The molecule has 0 aromatic heterocycles. The molecule has 1 saturated heterocycles. The number of aryl methyl sites for hydroxylation is 1. The Morgan fingerprint density at radius 3 is 2.17 bits per heavy atom. The Morgan fingerprint density at radius 1 is 1.03 bits per heavy atom. The van der Waals surface area contributed by atoms with Crippen molar-refractivity contribution in [3.05, 3.63) is 65.7 Å². The largest absolute Gasteiger partial charge is 0.343 e. The van der Waals surface area contributed by atoms with E-state index in [2.05, 4.69) is 6.92 Å². The Bertz CT molecular complexity index is 935. The zero-order chi connectivity index (χ0) is 21.7. The number of benzene rings is 2. The molecule has 7 heteroatoms. The molecule has 1 heterocycles. The summed E-state index contributed by atoms with van der Waals surface area (Å²) in [6, 6.07) is 16.7. The van der Waals surface area contributed by atoms with Gasteiger partial charge in [-0.2, -0.15) is 4.31 Å². The topological polar surface area (TPSA) is 62.1 Å². The van der Waals surface area contributed by atoms with Crippen LogP contribution >= 0.6 is 0 Å². The molecular weight excluding hydrogens is 398 g/mol. The van der Waals surface area contributed by atoms with E-state index in [0.717, 1.165) is 28.9 Å². The second kappa shape index (κ2) is 9.73. The third-order valence-electron chi connectivity index (χ3n) is 5.69. The lowest BCUT2D eigenvalue weighted by Gasteiger charge is -2.36. The number of sulfonamides is 1. The standard InChI is InChI=1S/C23H31N3O3S/c1-4-8-19-11-13-21(14-12-19)30(28,29)26-17-15-25(16-18-26)22(23(27)24(2)3)20-9-6-5-7-10-20/h5-7,9-14,22H,4,8,15-18H2,1-3H3/p+1/t22-/m1/s1. The highest BCUT2D eigenvalue weighted by molar-refractivity contribution is 7.89. The van der Waals surface area contributed by atoms with Gasteiger partial charge in [0.25, 0.3) is 5.91 Å². The SMILES string of the molecule is CCCc1ccc(S(=O)(=O)N2CC[NH+]([C@@H](C(=O)N(C)C)c3ccccc3)CC2)cc1. The molecule has 1 N–H and O–H groups in total. The van der Waals surface area contributed by atoms with Crippen LogP contribution in [0.3, 0.4) is 0 Å². The van der Waals surface area contributed by atoms with Crippen molar-refractivity contribution in [1.29, 1.82) is 0 Å². The monoisotopic (exact) mass is 430 g/mol. The molecule has 1 aliphatic heterocycles. The summed E-state index contributed by atoms with van der Waals surface area (Å²) in [6.45, 7) is 4.09. The highest BCUT2D eigenvalue weighted by atomic mass is 32.2. The molecule has 2 aromatic rings. The van der Waals surface area contributed by atoms with E-state index in [0.29, 0.717) is 31.1 Å². The fraction of sp³-hybridized carbons (Fsp3) is 0.435. The number of likely N-dealkylation sites (N-methyl/N-ethyl adjacent to an activating group) is 1. The molecule has 0 radical (unpaired) electrons. The molecule has 162 valence electrons. The predicted octanol–water partition coefficient (Wildman–Crippen LogP) is 1.36. The van der Waals surface area contributed by atoms with Crippen LogP contribution in [-0.2, 0) is 21.2 Å². The van der Waals surface area contributed by atoms with E-state index in [1.807, 2.05) is 42.5 Å². The Balaban J connectivity index is 1.74. The molecule has 0 saturated carbocycles. The summed E-state index contributed by atoms with van der Waals surface area (Å²) in [6.07, 6.45) is 1.98. The Labute approximate surface area is 180 Å². The molecule has 30 heavy (non-hydrogen) atoms. The second-order valence-electron chi connectivity index (χ2n) is 8.03. The first kappa shape index (κ1) is 22.5. The average Bonchev–Trinajstić information content (AvgIpc) is 2.75. The van der Waals surface area contributed by atoms with Crippen LogP contribution in [-0.4, -0.2) is 63.8 Å². The van der Waals surface area contributed by atoms with Gasteiger partial charge in [0.2, 0.25) is 10.0 Å². The minimum absolute atomic E-state index is 0.0408. The smallest absolute Gasteiger partial charge is 0.285 e. The number of piperazine rings is 1. The van der Waals surface area contributed by atoms with Crippen molar-refractivity contribution < 1.29 is 18.1 Å². The van der Waals surface area contributed by atoms with Gasteiger partial charge in [-0.1, -0.05) is 55.8 Å². The van der Waals surface area contributed by atoms with Gasteiger partial charge in [-0.25, -0.2) is 8.42 Å². The van der Waals surface area contributed by atoms with Crippen LogP contribution < -0.4 is 4.90 Å². The first-order valence-corrected chi connectivity index (χ1v) is 12.0. The average molecular weight is 431 g/mol. The highest BCUT2D eigenvalue weighted by Crippen LogP contribution is 2.18. The lowest BCUT2D eigenvalue weighted by Crippen LogP contribution is -3.16. The molecular formula is C23H32N3O3S+. The van der Waals surface area contributed by atoms with Gasteiger partial charge in [0.1, 0.15) is 0 Å². The molecule has 6 nitrogen and oxygen atoms in total. The molecule has 0 bridgehead atoms. The normalized spacial score (nSPS) is 16.9. The molecule has 0 unspecified atom stereocenters. The van der Waals surface area contributed by atoms with Crippen molar-refractivity contribution in [2.24, 2.45) is 0 Å². The summed E-state index contributed by atoms with van der Waals surface area (Å²) in [7, 11) is 0.00960. The van der Waals surface area contributed by atoms with Crippen LogP contribution in [0.25, 0.3) is 0 Å². The van der Waals surface area contributed by atoms with Crippen molar-refractivity contribution in [2.45, 2.75) is 30.7 Å².